The van der Waals surface area contributed by atoms with E-state index in [1.165, 1.54) is 193 Å². The molecule has 9 nitrogen and oxygen atoms in total. The van der Waals surface area contributed by atoms with E-state index in [-0.39, 0.29) is 32.2 Å². The Morgan fingerprint density at radius 3 is 1.12 bits per heavy atom. The van der Waals surface area contributed by atoms with Crippen LogP contribution in [0.4, 0.5) is 0 Å². The molecule has 0 aromatic heterocycles. The number of esters is 2. The Hall–Kier alpha value is -2.49. The summed E-state index contributed by atoms with van der Waals surface area (Å²) in [5, 5.41) is 11.8. The van der Waals surface area contributed by atoms with Crippen LogP contribution in [0.1, 0.15) is 296 Å². The molecule has 0 aliphatic heterocycles. The molecule has 0 rings (SSSR count). The Labute approximate surface area is 451 Å². The van der Waals surface area contributed by atoms with Gasteiger partial charge in [0.2, 0.25) is 0 Å². The first kappa shape index (κ1) is 70.5. The van der Waals surface area contributed by atoms with E-state index in [0.717, 1.165) is 70.6 Å². The number of rotatable bonds is 58. The van der Waals surface area contributed by atoms with Crippen LogP contribution in [0, 0.1) is 0 Å². The van der Waals surface area contributed by atoms with Gasteiger partial charge in [-0.3, -0.25) is 9.59 Å². The van der Waals surface area contributed by atoms with E-state index in [1.807, 2.05) is 21.1 Å². The molecule has 0 heterocycles. The van der Waals surface area contributed by atoms with Crippen LogP contribution in [-0.2, 0) is 33.3 Å². The minimum absolute atomic E-state index is 0.146. The Morgan fingerprint density at radius 2 is 0.740 bits per heavy atom. The molecule has 0 saturated carbocycles. The zero-order valence-electron chi connectivity index (χ0n) is 48.8. The van der Waals surface area contributed by atoms with Crippen LogP contribution in [0.15, 0.2) is 36.5 Å². The predicted molar refractivity (Wildman–Crippen MR) is 306 cm³/mol. The lowest BCUT2D eigenvalue weighted by Crippen LogP contribution is -2.44. The van der Waals surface area contributed by atoms with E-state index in [9.17, 15) is 19.5 Å². The summed E-state index contributed by atoms with van der Waals surface area (Å²) in [7, 11) is 5.92. The zero-order valence-corrected chi connectivity index (χ0v) is 48.8. The number of carbonyl (C=O) groups excluding carboxylic acids is 3. The molecule has 73 heavy (non-hydrogen) atoms. The second-order valence-electron chi connectivity index (χ2n) is 22.4. The minimum Gasteiger partial charge on any atom is -0.545 e. The van der Waals surface area contributed by atoms with Gasteiger partial charge in [-0.15, -0.1) is 0 Å². The number of allylic oxidation sites excluding steroid dienone is 6. The number of likely N-dealkylation sites (N-methyl/N-ethyl adjacent to an activating group) is 1. The van der Waals surface area contributed by atoms with Crippen molar-refractivity contribution in [1.29, 1.82) is 0 Å². The molecule has 0 aliphatic rings. The molecular weight excluding hydrogens is 911 g/mol. The molecule has 0 amide bonds. The SMILES string of the molecule is CCCCC/C=C\C/C=C\C/C=C\CCCCCCCCC(=O)OC(COC(=O)CCCCCCCCCCCCCCCCCCCCCCCCCCCCCCC)COC(OCC[N+](C)(C)C)C(=O)[O-]. The van der Waals surface area contributed by atoms with Crippen molar-refractivity contribution in [2.45, 2.75) is 309 Å². The smallest absolute Gasteiger partial charge is 0.306 e. The van der Waals surface area contributed by atoms with Crippen LogP contribution in [0.5, 0.6) is 0 Å². The molecule has 0 aliphatic carbocycles. The number of aliphatic carboxylic acids is 1. The third-order valence-corrected chi connectivity index (χ3v) is 13.9. The van der Waals surface area contributed by atoms with Crippen LogP contribution in [0.25, 0.3) is 0 Å². The molecule has 2 atom stereocenters. The number of quaternary nitrogens is 1. The molecule has 0 radical (unpaired) electrons. The number of nitrogens with zero attached hydrogens (tertiary/aromatic N) is 1. The zero-order chi connectivity index (χ0) is 53.4. The largest absolute Gasteiger partial charge is 0.545 e. The maximum atomic E-state index is 12.9. The van der Waals surface area contributed by atoms with Crippen LogP contribution >= 0.6 is 0 Å². The summed E-state index contributed by atoms with van der Waals surface area (Å²) >= 11 is 0. The van der Waals surface area contributed by atoms with Crippen molar-refractivity contribution in [3.8, 4) is 0 Å². The molecule has 9 heteroatoms. The van der Waals surface area contributed by atoms with E-state index >= 15 is 0 Å². The fourth-order valence-electron chi connectivity index (χ4n) is 9.08. The van der Waals surface area contributed by atoms with Gasteiger partial charge in [0, 0.05) is 12.8 Å². The molecular formula is C64H119NO8. The average Bonchev–Trinajstić information content (AvgIpc) is 3.36. The molecule has 0 saturated heterocycles. The third-order valence-electron chi connectivity index (χ3n) is 13.9. The van der Waals surface area contributed by atoms with Crippen molar-refractivity contribution < 1.29 is 42.9 Å². The monoisotopic (exact) mass is 1030 g/mol. The Balaban J connectivity index is 4.13. The minimum atomic E-state index is -1.62. The molecule has 0 bridgehead atoms. The molecule has 428 valence electrons. The van der Waals surface area contributed by atoms with Crippen molar-refractivity contribution in [3.05, 3.63) is 36.5 Å². The number of hydrogen-bond donors (Lipinski definition) is 0. The third kappa shape index (κ3) is 57.1. The van der Waals surface area contributed by atoms with E-state index in [0.29, 0.717) is 23.9 Å². The van der Waals surface area contributed by atoms with Crippen molar-refractivity contribution in [3.63, 3.8) is 0 Å². The number of carbonyl (C=O) groups is 3. The van der Waals surface area contributed by atoms with Gasteiger partial charge in [-0.25, -0.2) is 0 Å². The molecule has 0 aromatic carbocycles. The van der Waals surface area contributed by atoms with Gasteiger partial charge in [-0.2, -0.15) is 0 Å². The highest BCUT2D eigenvalue weighted by Crippen LogP contribution is 2.18. The fraction of sp³-hybridized carbons (Fsp3) is 0.859. The number of unbranched alkanes of at least 4 members (excludes halogenated alkanes) is 37. The maximum Gasteiger partial charge on any atom is 0.306 e. The lowest BCUT2D eigenvalue weighted by atomic mass is 10.0. The average molecular weight is 1030 g/mol. The standard InChI is InChI=1S/C64H119NO8/c1-6-8-10-12-14-16-18-20-22-24-26-27-28-29-30-31-32-33-34-35-37-38-40-42-44-46-48-50-52-54-61(66)71-58-60(59-72-64(63(68)69)70-57-56-65(3,4)5)73-62(67)55-53-51-49-47-45-43-41-39-36-25-23-21-19-17-15-13-11-9-7-2/h15,17,21,23,36,39,60,64H,6-14,16,18-20,22,24-35,37-38,40-59H2,1-5H3/b17-15-,23-21-,39-36-. The number of hydrogen-bond acceptors (Lipinski definition) is 8. The summed E-state index contributed by atoms with van der Waals surface area (Å²) in [6.07, 6.45) is 65.0. The summed E-state index contributed by atoms with van der Waals surface area (Å²) in [6, 6.07) is 0. The van der Waals surface area contributed by atoms with Gasteiger partial charge in [0.25, 0.3) is 0 Å². The van der Waals surface area contributed by atoms with Crippen molar-refractivity contribution in [2.24, 2.45) is 0 Å². The highest BCUT2D eigenvalue weighted by atomic mass is 16.7. The van der Waals surface area contributed by atoms with Gasteiger partial charge in [0.15, 0.2) is 12.4 Å². The van der Waals surface area contributed by atoms with Crippen LogP contribution < -0.4 is 5.11 Å². The number of carboxylic acids is 1. The molecule has 2 unspecified atom stereocenters. The van der Waals surface area contributed by atoms with Crippen LogP contribution in [0.2, 0.25) is 0 Å². The molecule has 0 aromatic rings. The molecule has 0 spiro atoms. The van der Waals surface area contributed by atoms with E-state index < -0.39 is 24.3 Å². The second kappa shape index (κ2) is 55.7. The lowest BCUT2D eigenvalue weighted by molar-refractivity contribution is -0.870. The highest BCUT2D eigenvalue weighted by Gasteiger charge is 2.22. The summed E-state index contributed by atoms with van der Waals surface area (Å²) in [5.74, 6) is -2.28. The Morgan fingerprint density at radius 1 is 0.411 bits per heavy atom. The molecule has 0 N–H and O–H groups in total. The lowest BCUT2D eigenvalue weighted by Gasteiger charge is -2.26. The maximum absolute atomic E-state index is 12.9. The van der Waals surface area contributed by atoms with Crippen molar-refractivity contribution in [2.75, 3.05) is 47.5 Å². The van der Waals surface area contributed by atoms with E-state index in [4.69, 9.17) is 18.9 Å². The van der Waals surface area contributed by atoms with Gasteiger partial charge in [0.05, 0.1) is 40.3 Å². The molecule has 0 fully saturated rings. The number of ether oxygens (including phenoxy) is 4. The first-order chi connectivity index (χ1) is 35.6. The van der Waals surface area contributed by atoms with Gasteiger partial charge < -0.3 is 33.3 Å². The van der Waals surface area contributed by atoms with Crippen molar-refractivity contribution >= 4 is 17.9 Å². The van der Waals surface area contributed by atoms with Crippen LogP contribution in [0.3, 0.4) is 0 Å². The summed E-state index contributed by atoms with van der Waals surface area (Å²) < 4.78 is 22.7. The highest BCUT2D eigenvalue weighted by molar-refractivity contribution is 5.70. The summed E-state index contributed by atoms with van der Waals surface area (Å²) in [5.41, 5.74) is 0. The Kier molecular flexibility index (Phi) is 53.8. The van der Waals surface area contributed by atoms with Gasteiger partial charge >= 0.3 is 11.9 Å². The van der Waals surface area contributed by atoms with Crippen molar-refractivity contribution in [1.82, 2.24) is 0 Å². The van der Waals surface area contributed by atoms with Gasteiger partial charge in [-0.1, -0.05) is 269 Å². The van der Waals surface area contributed by atoms with Crippen LogP contribution in [-0.4, -0.2) is 82.3 Å². The first-order valence-electron chi connectivity index (χ1n) is 31.1. The number of carboxylic acid groups (broad SMARTS) is 1. The Bertz CT molecular complexity index is 1290. The predicted octanol–water partition coefficient (Wildman–Crippen LogP) is 17.1. The normalized spacial score (nSPS) is 12.9. The summed E-state index contributed by atoms with van der Waals surface area (Å²) in [6.45, 7) is 4.75. The van der Waals surface area contributed by atoms with Gasteiger partial charge in [-0.05, 0) is 51.4 Å². The summed E-state index contributed by atoms with van der Waals surface area (Å²) in [4.78, 5) is 37.3. The van der Waals surface area contributed by atoms with E-state index in [2.05, 4.69) is 50.3 Å². The first-order valence-corrected chi connectivity index (χ1v) is 31.1. The van der Waals surface area contributed by atoms with Gasteiger partial charge in [0.1, 0.15) is 13.2 Å². The quantitative estimate of drug-likeness (QED) is 0.0195. The second-order valence-corrected chi connectivity index (χ2v) is 22.4. The topological polar surface area (TPSA) is 111 Å². The fourth-order valence-corrected chi connectivity index (χ4v) is 9.08. The van der Waals surface area contributed by atoms with E-state index in [1.54, 1.807) is 0 Å².